The third-order valence-electron chi connectivity index (χ3n) is 5.58. The summed E-state index contributed by atoms with van der Waals surface area (Å²) in [5.74, 6) is 0. The third-order valence-corrected chi connectivity index (χ3v) is 5.83. The van der Waals surface area contributed by atoms with Crippen LogP contribution in [0.1, 0.15) is 36.8 Å². The highest BCUT2D eigenvalue weighted by Gasteiger charge is 2.48. The maximum Gasteiger partial charge on any atom is 0.417 e. The van der Waals surface area contributed by atoms with Crippen molar-refractivity contribution >= 4 is 29.0 Å². The summed E-state index contributed by atoms with van der Waals surface area (Å²) < 4.78 is 40.3. The number of anilines is 2. The van der Waals surface area contributed by atoms with Crippen LogP contribution in [-0.2, 0) is 6.18 Å². The first-order chi connectivity index (χ1) is 13.8. The maximum absolute atomic E-state index is 13.4. The molecule has 1 saturated heterocycles. The van der Waals surface area contributed by atoms with E-state index in [4.69, 9.17) is 16.9 Å². The summed E-state index contributed by atoms with van der Waals surface area (Å²) in [7, 11) is 0. The lowest BCUT2D eigenvalue weighted by molar-refractivity contribution is -0.137. The van der Waals surface area contributed by atoms with Crippen molar-refractivity contribution < 1.29 is 18.0 Å². The average Bonchev–Trinajstić information content (AvgIpc) is 2.99. The largest absolute Gasteiger partial charge is 0.417 e. The first kappa shape index (κ1) is 19.6. The average molecular weight is 420 g/mol. The number of hydrogen-bond acceptors (Lipinski definition) is 2. The van der Waals surface area contributed by atoms with Gasteiger partial charge in [0.05, 0.1) is 29.3 Å². The van der Waals surface area contributed by atoms with Crippen molar-refractivity contribution in [1.82, 2.24) is 0 Å². The van der Waals surface area contributed by atoms with Gasteiger partial charge in [0.15, 0.2) is 0 Å². The van der Waals surface area contributed by atoms with Gasteiger partial charge in [-0.1, -0.05) is 24.4 Å². The zero-order valence-electron chi connectivity index (χ0n) is 15.3. The van der Waals surface area contributed by atoms with Crippen LogP contribution in [0, 0.1) is 11.3 Å². The molecule has 0 spiro atoms. The highest BCUT2D eigenvalue weighted by Crippen LogP contribution is 2.42. The Morgan fingerprint density at radius 1 is 0.966 bits per heavy atom. The van der Waals surface area contributed by atoms with Crippen molar-refractivity contribution in [1.29, 1.82) is 5.26 Å². The van der Waals surface area contributed by atoms with E-state index in [0.717, 1.165) is 31.4 Å². The molecule has 2 amide bonds. The minimum absolute atomic E-state index is 0.123. The summed E-state index contributed by atoms with van der Waals surface area (Å²) in [4.78, 5) is 16.5. The highest BCUT2D eigenvalue weighted by molar-refractivity contribution is 6.30. The monoisotopic (exact) mass is 419 g/mol. The van der Waals surface area contributed by atoms with Gasteiger partial charge in [0.2, 0.25) is 0 Å². The van der Waals surface area contributed by atoms with Gasteiger partial charge in [-0.15, -0.1) is 0 Å². The highest BCUT2D eigenvalue weighted by atomic mass is 35.5. The maximum atomic E-state index is 13.4. The molecule has 1 saturated carbocycles. The smallest absolute Gasteiger partial charge is 0.289 e. The van der Waals surface area contributed by atoms with Gasteiger partial charge in [-0.25, -0.2) is 4.79 Å². The molecule has 1 aliphatic heterocycles. The van der Waals surface area contributed by atoms with Crippen LogP contribution >= 0.6 is 11.6 Å². The lowest BCUT2D eigenvalue weighted by atomic mass is 9.89. The second kappa shape index (κ2) is 7.27. The van der Waals surface area contributed by atoms with Gasteiger partial charge in [0.1, 0.15) is 0 Å². The Morgan fingerprint density at radius 3 is 2.07 bits per heavy atom. The first-order valence-corrected chi connectivity index (χ1v) is 9.68. The van der Waals surface area contributed by atoms with Crippen molar-refractivity contribution in [2.45, 2.75) is 43.9 Å². The summed E-state index contributed by atoms with van der Waals surface area (Å²) >= 11 is 5.96. The first-order valence-electron chi connectivity index (χ1n) is 9.30. The van der Waals surface area contributed by atoms with Crippen LogP contribution < -0.4 is 9.80 Å². The normalized spacial score (nSPS) is 21.8. The zero-order valence-corrected chi connectivity index (χ0v) is 16.0. The van der Waals surface area contributed by atoms with E-state index in [1.54, 1.807) is 35.2 Å². The van der Waals surface area contributed by atoms with E-state index in [1.165, 1.54) is 11.0 Å². The second-order valence-electron chi connectivity index (χ2n) is 7.26. The standard InChI is InChI=1S/C21H17ClF3N3O/c22-14-6-9-15(10-7-14)27-18-3-1-2-4-19(18)28(20(27)29)16-8-5-13(12-26)17(11-16)21(23,24)25/h5-11,18-19H,1-4H2/t18-,19-/m1/s1. The van der Waals surface area contributed by atoms with Gasteiger partial charge in [0.25, 0.3) is 0 Å². The third kappa shape index (κ3) is 3.42. The van der Waals surface area contributed by atoms with Crippen LogP contribution in [0.4, 0.5) is 29.3 Å². The number of fused-ring (bicyclic) bond motifs is 1. The molecule has 2 aromatic carbocycles. The molecule has 2 aromatic rings. The number of halogens is 4. The molecule has 29 heavy (non-hydrogen) atoms. The summed E-state index contributed by atoms with van der Waals surface area (Å²) in [6, 6.07) is 11.2. The van der Waals surface area contributed by atoms with Gasteiger partial charge in [-0.05, 0) is 55.3 Å². The molecule has 8 heteroatoms. The van der Waals surface area contributed by atoms with Crippen LogP contribution in [-0.4, -0.2) is 18.1 Å². The number of rotatable bonds is 2. The number of nitrogens with zero attached hydrogens (tertiary/aromatic N) is 3. The van der Waals surface area contributed by atoms with Crippen molar-refractivity contribution in [3.8, 4) is 6.07 Å². The Hall–Kier alpha value is -2.72. The molecule has 2 fully saturated rings. The van der Waals surface area contributed by atoms with Crippen LogP contribution in [0.3, 0.4) is 0 Å². The summed E-state index contributed by atoms with van der Waals surface area (Å²) in [6.07, 6.45) is -1.33. The lowest BCUT2D eigenvalue weighted by Crippen LogP contribution is -2.40. The van der Waals surface area contributed by atoms with Gasteiger partial charge >= 0.3 is 12.2 Å². The molecular formula is C21H17ClF3N3O. The van der Waals surface area contributed by atoms with Gasteiger partial charge in [-0.2, -0.15) is 18.4 Å². The van der Waals surface area contributed by atoms with Crippen molar-refractivity contribution in [2.24, 2.45) is 0 Å². The Bertz CT molecular complexity index is 984. The fourth-order valence-corrected chi connectivity index (χ4v) is 4.44. The Balaban J connectivity index is 1.79. The Labute approximate surface area is 171 Å². The molecule has 0 bridgehead atoms. The van der Waals surface area contributed by atoms with Crippen molar-refractivity contribution in [3.05, 3.63) is 58.6 Å². The van der Waals surface area contributed by atoms with Crippen molar-refractivity contribution in [2.75, 3.05) is 9.80 Å². The predicted octanol–water partition coefficient (Wildman–Crippen LogP) is 5.99. The number of carbonyl (C=O) groups excluding carboxylic acids is 1. The second-order valence-corrected chi connectivity index (χ2v) is 7.69. The minimum Gasteiger partial charge on any atom is -0.289 e. The fourth-order valence-electron chi connectivity index (χ4n) is 4.31. The van der Waals surface area contributed by atoms with E-state index in [9.17, 15) is 18.0 Å². The summed E-state index contributed by atoms with van der Waals surface area (Å²) in [5.41, 5.74) is -0.650. The number of urea groups is 1. The fraction of sp³-hybridized carbons (Fsp3) is 0.333. The summed E-state index contributed by atoms with van der Waals surface area (Å²) in [5, 5.41) is 9.58. The van der Waals surface area contributed by atoms with Gasteiger partial charge in [-0.3, -0.25) is 9.80 Å². The number of amides is 2. The quantitative estimate of drug-likeness (QED) is 0.600. The molecule has 0 radical (unpaired) electrons. The molecule has 1 heterocycles. The molecule has 0 aromatic heterocycles. The van der Waals surface area contributed by atoms with E-state index in [-0.39, 0.29) is 23.8 Å². The van der Waals surface area contributed by atoms with E-state index >= 15 is 0 Å². The van der Waals surface area contributed by atoms with Crippen LogP contribution in [0.5, 0.6) is 0 Å². The van der Waals surface area contributed by atoms with E-state index in [2.05, 4.69) is 0 Å². The van der Waals surface area contributed by atoms with Crippen LogP contribution in [0.25, 0.3) is 0 Å². The molecule has 150 valence electrons. The van der Waals surface area contributed by atoms with Crippen LogP contribution in [0.2, 0.25) is 5.02 Å². The molecular weight excluding hydrogens is 403 g/mol. The predicted molar refractivity (Wildman–Crippen MR) is 104 cm³/mol. The Morgan fingerprint density at radius 2 is 1.52 bits per heavy atom. The topological polar surface area (TPSA) is 47.3 Å². The number of hydrogen-bond donors (Lipinski definition) is 0. The zero-order chi connectivity index (χ0) is 20.8. The number of benzene rings is 2. The Kier molecular flexibility index (Phi) is 4.91. The minimum atomic E-state index is -4.67. The van der Waals surface area contributed by atoms with E-state index in [0.29, 0.717) is 17.1 Å². The molecule has 2 atom stereocenters. The number of nitriles is 1. The number of carbonyl (C=O) groups is 1. The van der Waals surface area contributed by atoms with E-state index < -0.39 is 17.3 Å². The van der Waals surface area contributed by atoms with E-state index in [1.807, 2.05) is 0 Å². The molecule has 0 N–H and O–H groups in total. The molecule has 4 nitrogen and oxygen atoms in total. The number of alkyl halides is 3. The summed E-state index contributed by atoms with van der Waals surface area (Å²) in [6.45, 7) is 0. The molecule has 2 aliphatic rings. The lowest BCUT2D eigenvalue weighted by Gasteiger charge is -2.32. The van der Waals surface area contributed by atoms with Crippen molar-refractivity contribution in [3.63, 3.8) is 0 Å². The molecule has 1 aliphatic carbocycles. The molecule has 4 rings (SSSR count). The van der Waals surface area contributed by atoms with Gasteiger partial charge in [0, 0.05) is 16.4 Å². The van der Waals surface area contributed by atoms with Gasteiger partial charge < -0.3 is 0 Å². The van der Waals surface area contributed by atoms with Crippen LogP contribution in [0.15, 0.2) is 42.5 Å². The molecule has 0 unspecified atom stereocenters. The SMILES string of the molecule is N#Cc1ccc(N2C(=O)N(c3ccc(Cl)cc3)[C@@H]3CCCC[C@H]32)cc1C(F)(F)F.